The lowest BCUT2D eigenvalue weighted by molar-refractivity contribution is 0.423. The van der Waals surface area contributed by atoms with E-state index >= 15 is 0 Å². The summed E-state index contributed by atoms with van der Waals surface area (Å²) in [7, 11) is -3.54. The normalized spacial score (nSPS) is 18.0. The molecule has 0 bridgehead atoms. The highest BCUT2D eigenvalue weighted by Crippen LogP contribution is 2.26. The molecule has 0 amide bonds. The topological polar surface area (TPSA) is 83.4 Å². The van der Waals surface area contributed by atoms with Crippen LogP contribution in [0, 0.1) is 6.92 Å². The number of aromatic amines is 1. The third-order valence-electron chi connectivity index (χ3n) is 3.90. The van der Waals surface area contributed by atoms with Crippen LogP contribution in [0.5, 0.6) is 0 Å². The van der Waals surface area contributed by atoms with Crippen molar-refractivity contribution in [2.24, 2.45) is 0 Å². The lowest BCUT2D eigenvalue weighted by Gasteiger charge is -2.20. The number of hydrogen-bond donors (Lipinski definition) is 1. The predicted octanol–water partition coefficient (Wildman–Crippen LogP) is 1.99. The number of aryl methyl sites for hydroxylation is 1. The van der Waals surface area contributed by atoms with Gasteiger partial charge in [0.1, 0.15) is 0 Å². The number of hydrogen-bond acceptors (Lipinski definition) is 4. The van der Waals surface area contributed by atoms with Crippen LogP contribution in [0.15, 0.2) is 26.2 Å². The fraction of sp³-hybridized carbons (Fsp3) is 0.500. The van der Waals surface area contributed by atoms with Gasteiger partial charge in [-0.05, 0) is 31.4 Å². The van der Waals surface area contributed by atoms with Gasteiger partial charge in [-0.1, -0.05) is 12.8 Å². The summed E-state index contributed by atoms with van der Waals surface area (Å²) < 4.78 is 32.1. The Hall–Kier alpha value is -1.60. The second-order valence-corrected chi connectivity index (χ2v) is 7.35. The van der Waals surface area contributed by atoms with Crippen molar-refractivity contribution in [2.75, 3.05) is 13.1 Å². The third-order valence-corrected chi connectivity index (χ3v) is 5.94. The van der Waals surface area contributed by atoms with Gasteiger partial charge in [0.15, 0.2) is 5.58 Å². The van der Waals surface area contributed by atoms with Crippen LogP contribution in [0.3, 0.4) is 0 Å². The molecule has 1 fully saturated rings. The van der Waals surface area contributed by atoms with E-state index < -0.39 is 15.8 Å². The molecular weight excluding hydrogens is 292 g/mol. The quantitative estimate of drug-likeness (QED) is 0.919. The Labute approximate surface area is 122 Å². The maximum absolute atomic E-state index is 12.8. The molecule has 0 aliphatic carbocycles. The summed E-state index contributed by atoms with van der Waals surface area (Å²) in [5.74, 6) is -0.575. The van der Waals surface area contributed by atoms with Gasteiger partial charge in [0.25, 0.3) is 0 Å². The molecule has 0 radical (unpaired) electrons. The zero-order valence-corrected chi connectivity index (χ0v) is 12.7. The molecule has 7 heteroatoms. The second kappa shape index (κ2) is 5.31. The Morgan fingerprint density at radius 1 is 1.14 bits per heavy atom. The highest BCUT2D eigenvalue weighted by Gasteiger charge is 2.27. The Balaban J connectivity index is 2.08. The van der Waals surface area contributed by atoms with Crippen LogP contribution < -0.4 is 5.76 Å². The van der Waals surface area contributed by atoms with E-state index in [2.05, 4.69) is 4.98 Å². The standard InChI is InChI=1S/C14H18N2O4S/c1-10-8-11-12(20-14(17)15-11)9-13(10)21(18,19)16-6-4-2-3-5-7-16/h8-9H,2-7H2,1H3,(H,15,17). The number of nitrogens with one attached hydrogen (secondary N) is 1. The summed E-state index contributed by atoms with van der Waals surface area (Å²) >= 11 is 0. The van der Waals surface area contributed by atoms with Crippen molar-refractivity contribution in [3.05, 3.63) is 28.2 Å². The molecule has 21 heavy (non-hydrogen) atoms. The summed E-state index contributed by atoms with van der Waals surface area (Å²) in [4.78, 5) is 14.0. The molecule has 2 aromatic rings. The second-order valence-electron chi connectivity index (χ2n) is 5.45. The average Bonchev–Trinajstić information content (AvgIpc) is 2.65. The Morgan fingerprint density at radius 2 is 1.81 bits per heavy atom. The fourth-order valence-corrected chi connectivity index (χ4v) is 4.52. The maximum Gasteiger partial charge on any atom is 0.417 e. The molecule has 3 rings (SSSR count). The van der Waals surface area contributed by atoms with Crippen LogP contribution >= 0.6 is 0 Å². The molecule has 114 valence electrons. The molecule has 0 atom stereocenters. The molecule has 1 N–H and O–H groups in total. The number of oxazole rings is 1. The highest BCUT2D eigenvalue weighted by atomic mass is 32.2. The molecule has 1 aliphatic rings. The number of rotatable bonds is 2. The van der Waals surface area contributed by atoms with Gasteiger partial charge in [-0.25, -0.2) is 13.2 Å². The first kappa shape index (κ1) is 14.3. The van der Waals surface area contributed by atoms with E-state index in [1.807, 2.05) is 0 Å². The molecule has 0 unspecified atom stereocenters. The summed E-state index contributed by atoms with van der Waals surface area (Å²) in [6, 6.07) is 3.09. The van der Waals surface area contributed by atoms with Crippen molar-refractivity contribution in [1.82, 2.24) is 9.29 Å². The zero-order chi connectivity index (χ0) is 15.0. The summed E-state index contributed by atoms with van der Waals surface area (Å²) in [5, 5.41) is 0. The van der Waals surface area contributed by atoms with Crippen molar-refractivity contribution in [1.29, 1.82) is 0 Å². The molecule has 1 aromatic carbocycles. The summed E-state index contributed by atoms with van der Waals surface area (Å²) in [5.41, 5.74) is 1.41. The minimum Gasteiger partial charge on any atom is -0.408 e. The summed E-state index contributed by atoms with van der Waals surface area (Å²) in [6.45, 7) is 2.84. The molecule has 1 saturated heterocycles. The average molecular weight is 310 g/mol. The van der Waals surface area contributed by atoms with E-state index in [-0.39, 0.29) is 10.5 Å². The number of fused-ring (bicyclic) bond motifs is 1. The van der Waals surface area contributed by atoms with E-state index in [0.29, 0.717) is 24.2 Å². The van der Waals surface area contributed by atoms with Gasteiger partial charge >= 0.3 is 5.76 Å². The first-order valence-corrected chi connectivity index (χ1v) is 8.56. The van der Waals surface area contributed by atoms with Crippen molar-refractivity contribution in [3.63, 3.8) is 0 Å². The number of sulfonamides is 1. The van der Waals surface area contributed by atoms with Crippen molar-refractivity contribution >= 4 is 21.1 Å². The van der Waals surface area contributed by atoms with Gasteiger partial charge in [0, 0.05) is 19.2 Å². The Kier molecular flexibility index (Phi) is 3.62. The van der Waals surface area contributed by atoms with Gasteiger partial charge in [0.2, 0.25) is 10.0 Å². The molecule has 0 saturated carbocycles. The van der Waals surface area contributed by atoms with Gasteiger partial charge in [-0.2, -0.15) is 4.31 Å². The molecular formula is C14H18N2O4S. The molecule has 6 nitrogen and oxygen atoms in total. The lowest BCUT2D eigenvalue weighted by atomic mass is 10.2. The number of benzene rings is 1. The van der Waals surface area contributed by atoms with Gasteiger partial charge in [-0.3, -0.25) is 4.98 Å². The van der Waals surface area contributed by atoms with E-state index in [4.69, 9.17) is 4.42 Å². The first-order valence-electron chi connectivity index (χ1n) is 7.12. The van der Waals surface area contributed by atoms with Crippen LogP contribution in [0.1, 0.15) is 31.2 Å². The van der Waals surface area contributed by atoms with Crippen LogP contribution in [0.25, 0.3) is 11.1 Å². The Morgan fingerprint density at radius 3 is 2.48 bits per heavy atom. The van der Waals surface area contributed by atoms with Crippen molar-refractivity contribution in [3.8, 4) is 0 Å². The van der Waals surface area contributed by atoms with Gasteiger partial charge in [0.05, 0.1) is 10.4 Å². The number of aromatic nitrogens is 1. The van der Waals surface area contributed by atoms with Crippen LogP contribution in [-0.2, 0) is 10.0 Å². The van der Waals surface area contributed by atoms with E-state index in [0.717, 1.165) is 25.7 Å². The first-order chi connectivity index (χ1) is 9.98. The smallest absolute Gasteiger partial charge is 0.408 e. The molecule has 2 heterocycles. The monoisotopic (exact) mass is 310 g/mol. The minimum absolute atomic E-state index is 0.222. The predicted molar refractivity (Wildman–Crippen MR) is 78.8 cm³/mol. The van der Waals surface area contributed by atoms with E-state index in [1.54, 1.807) is 17.3 Å². The fourth-order valence-electron chi connectivity index (χ4n) is 2.79. The largest absolute Gasteiger partial charge is 0.417 e. The van der Waals surface area contributed by atoms with Crippen LogP contribution in [0.2, 0.25) is 0 Å². The summed E-state index contributed by atoms with van der Waals surface area (Å²) in [6.07, 6.45) is 3.91. The maximum atomic E-state index is 12.8. The van der Waals surface area contributed by atoms with Crippen LogP contribution in [-0.4, -0.2) is 30.8 Å². The van der Waals surface area contributed by atoms with Crippen molar-refractivity contribution < 1.29 is 12.8 Å². The van der Waals surface area contributed by atoms with Gasteiger partial charge < -0.3 is 4.42 Å². The third kappa shape index (κ3) is 2.63. The van der Waals surface area contributed by atoms with Crippen molar-refractivity contribution in [2.45, 2.75) is 37.5 Å². The number of nitrogens with zero attached hydrogens (tertiary/aromatic N) is 1. The molecule has 0 spiro atoms. The zero-order valence-electron chi connectivity index (χ0n) is 11.9. The lowest BCUT2D eigenvalue weighted by Crippen LogP contribution is -2.32. The van der Waals surface area contributed by atoms with Gasteiger partial charge in [-0.15, -0.1) is 0 Å². The number of H-pyrrole nitrogens is 1. The van der Waals surface area contributed by atoms with E-state index in [1.165, 1.54) is 6.07 Å². The SMILES string of the molecule is Cc1cc2[nH]c(=O)oc2cc1S(=O)(=O)N1CCCCCC1. The molecule has 1 aliphatic heterocycles. The Bertz CT molecular complexity index is 811. The van der Waals surface area contributed by atoms with Crippen LogP contribution in [0.4, 0.5) is 0 Å². The molecule has 1 aromatic heterocycles. The highest BCUT2D eigenvalue weighted by molar-refractivity contribution is 7.89. The minimum atomic E-state index is -3.54. The van der Waals surface area contributed by atoms with E-state index in [9.17, 15) is 13.2 Å².